The molecule has 0 bridgehead atoms. The highest BCUT2D eigenvalue weighted by Crippen LogP contribution is 2.32. The van der Waals surface area contributed by atoms with Crippen molar-refractivity contribution in [1.82, 2.24) is 5.32 Å². The van der Waals surface area contributed by atoms with E-state index in [1.807, 2.05) is 18.2 Å². The maximum absolute atomic E-state index is 6.11. The van der Waals surface area contributed by atoms with Gasteiger partial charge in [-0.15, -0.1) is 0 Å². The van der Waals surface area contributed by atoms with E-state index in [9.17, 15) is 0 Å². The molecular formula is C14H16ClNO. The van der Waals surface area contributed by atoms with Crippen LogP contribution in [-0.4, -0.2) is 6.54 Å². The lowest BCUT2D eigenvalue weighted by molar-refractivity contribution is 0.590. The van der Waals surface area contributed by atoms with E-state index in [0.717, 1.165) is 35.5 Å². The summed E-state index contributed by atoms with van der Waals surface area (Å²) in [7, 11) is 0. The molecule has 3 heteroatoms. The number of furan rings is 1. The van der Waals surface area contributed by atoms with Crippen molar-refractivity contribution in [3.05, 3.63) is 35.0 Å². The number of fused-ring (bicyclic) bond motifs is 1. The molecule has 2 nitrogen and oxygen atoms in total. The van der Waals surface area contributed by atoms with E-state index in [0.29, 0.717) is 5.22 Å². The minimum atomic E-state index is 0.519. The van der Waals surface area contributed by atoms with Gasteiger partial charge in [0.25, 0.3) is 0 Å². The van der Waals surface area contributed by atoms with Crippen LogP contribution in [0.4, 0.5) is 0 Å². The van der Waals surface area contributed by atoms with Crippen LogP contribution in [0.3, 0.4) is 0 Å². The average Bonchev–Trinajstić information content (AvgIpc) is 3.09. The van der Waals surface area contributed by atoms with E-state index in [1.165, 1.54) is 19.3 Å². The van der Waals surface area contributed by atoms with Crippen LogP contribution < -0.4 is 5.32 Å². The van der Waals surface area contributed by atoms with E-state index < -0.39 is 0 Å². The van der Waals surface area contributed by atoms with Gasteiger partial charge in [-0.1, -0.05) is 31.0 Å². The van der Waals surface area contributed by atoms with Gasteiger partial charge in [-0.3, -0.25) is 0 Å². The third-order valence-corrected chi connectivity index (χ3v) is 3.68. The molecule has 1 heterocycles. The first-order chi connectivity index (χ1) is 8.34. The SMILES string of the molecule is Clc1oc2ccccc2c1CNCCC1CC1. The summed E-state index contributed by atoms with van der Waals surface area (Å²) in [6.07, 6.45) is 4.11. The number of para-hydroxylation sites is 1. The third-order valence-electron chi connectivity index (χ3n) is 3.38. The minimum absolute atomic E-state index is 0.519. The average molecular weight is 250 g/mol. The van der Waals surface area contributed by atoms with Gasteiger partial charge in [0, 0.05) is 17.5 Å². The summed E-state index contributed by atoms with van der Waals surface area (Å²) < 4.78 is 5.51. The van der Waals surface area contributed by atoms with Crippen molar-refractivity contribution in [2.24, 2.45) is 5.92 Å². The quantitative estimate of drug-likeness (QED) is 0.811. The molecule has 0 unspecified atom stereocenters. The van der Waals surface area contributed by atoms with Crippen molar-refractivity contribution < 1.29 is 4.42 Å². The van der Waals surface area contributed by atoms with Gasteiger partial charge >= 0.3 is 0 Å². The molecule has 0 aliphatic heterocycles. The first-order valence-electron chi connectivity index (χ1n) is 6.21. The van der Waals surface area contributed by atoms with Gasteiger partial charge in [0.15, 0.2) is 5.22 Å². The Hall–Kier alpha value is -0.990. The number of nitrogens with one attached hydrogen (secondary N) is 1. The highest BCUT2D eigenvalue weighted by Gasteiger charge is 2.20. The second-order valence-corrected chi connectivity index (χ2v) is 5.10. The molecule has 1 aromatic heterocycles. The standard InChI is InChI=1S/C14H16ClNO/c15-14-12(9-16-8-7-10-5-6-10)11-3-1-2-4-13(11)17-14/h1-4,10,16H,5-9H2. The summed E-state index contributed by atoms with van der Waals surface area (Å²) in [6, 6.07) is 7.99. The van der Waals surface area contributed by atoms with E-state index in [2.05, 4.69) is 11.4 Å². The topological polar surface area (TPSA) is 25.2 Å². The van der Waals surface area contributed by atoms with Gasteiger partial charge in [-0.25, -0.2) is 0 Å². The number of hydrogen-bond acceptors (Lipinski definition) is 2. The number of rotatable bonds is 5. The molecule has 90 valence electrons. The Balaban J connectivity index is 1.68. The molecule has 17 heavy (non-hydrogen) atoms. The second kappa shape index (κ2) is 4.71. The Bertz CT molecular complexity index is 516. The van der Waals surface area contributed by atoms with Gasteiger partial charge in [0.1, 0.15) is 5.58 Å². The largest absolute Gasteiger partial charge is 0.444 e. The number of hydrogen-bond donors (Lipinski definition) is 1. The number of halogens is 1. The Morgan fingerprint density at radius 3 is 2.94 bits per heavy atom. The summed E-state index contributed by atoms with van der Waals surface area (Å²) in [5.74, 6) is 0.971. The molecule has 1 saturated carbocycles. The molecule has 3 rings (SSSR count). The van der Waals surface area contributed by atoms with Gasteiger partial charge < -0.3 is 9.73 Å². The molecule has 1 aromatic carbocycles. The highest BCUT2D eigenvalue weighted by molar-refractivity contribution is 6.30. The first kappa shape index (κ1) is 11.1. The molecule has 0 radical (unpaired) electrons. The lowest BCUT2D eigenvalue weighted by atomic mass is 10.2. The Labute approximate surface area is 106 Å². The second-order valence-electron chi connectivity index (χ2n) is 4.76. The minimum Gasteiger partial charge on any atom is -0.444 e. The molecule has 1 N–H and O–H groups in total. The molecule has 2 aromatic rings. The molecule has 1 fully saturated rings. The third kappa shape index (κ3) is 2.48. The lowest BCUT2D eigenvalue weighted by Crippen LogP contribution is -2.15. The molecule has 0 spiro atoms. The van der Waals surface area contributed by atoms with Crippen LogP contribution in [0.25, 0.3) is 11.0 Å². The van der Waals surface area contributed by atoms with Crippen molar-refractivity contribution in [3.63, 3.8) is 0 Å². The number of benzene rings is 1. The molecule has 0 saturated heterocycles. The van der Waals surface area contributed by atoms with Crippen molar-refractivity contribution in [1.29, 1.82) is 0 Å². The fourth-order valence-corrected chi connectivity index (χ4v) is 2.41. The van der Waals surface area contributed by atoms with Crippen LogP contribution in [0.1, 0.15) is 24.8 Å². The molecule has 1 aliphatic carbocycles. The summed E-state index contributed by atoms with van der Waals surface area (Å²) in [5, 5.41) is 5.09. The van der Waals surface area contributed by atoms with Crippen molar-refractivity contribution in [2.75, 3.05) is 6.54 Å². The van der Waals surface area contributed by atoms with Gasteiger partial charge in [0.2, 0.25) is 0 Å². The Kier molecular flexibility index (Phi) is 3.08. The highest BCUT2D eigenvalue weighted by atomic mass is 35.5. The summed E-state index contributed by atoms with van der Waals surface area (Å²) >= 11 is 6.11. The predicted octanol–water partition coefficient (Wildman–Crippen LogP) is 3.98. The summed E-state index contributed by atoms with van der Waals surface area (Å²) in [6.45, 7) is 1.86. The normalized spacial score (nSPS) is 15.6. The van der Waals surface area contributed by atoms with Crippen LogP contribution in [0, 0.1) is 5.92 Å². The molecular weight excluding hydrogens is 234 g/mol. The zero-order valence-corrected chi connectivity index (χ0v) is 10.5. The van der Waals surface area contributed by atoms with Crippen LogP contribution in [0.15, 0.2) is 28.7 Å². The van der Waals surface area contributed by atoms with Crippen LogP contribution in [0.5, 0.6) is 0 Å². The van der Waals surface area contributed by atoms with E-state index in [1.54, 1.807) is 0 Å². The zero-order chi connectivity index (χ0) is 11.7. The summed E-state index contributed by atoms with van der Waals surface area (Å²) in [5.41, 5.74) is 1.95. The van der Waals surface area contributed by atoms with Crippen molar-refractivity contribution in [3.8, 4) is 0 Å². The first-order valence-corrected chi connectivity index (χ1v) is 6.59. The van der Waals surface area contributed by atoms with Gasteiger partial charge in [-0.05, 0) is 36.6 Å². The maximum Gasteiger partial charge on any atom is 0.199 e. The van der Waals surface area contributed by atoms with Gasteiger partial charge in [-0.2, -0.15) is 0 Å². The Morgan fingerprint density at radius 2 is 2.12 bits per heavy atom. The fraction of sp³-hybridized carbons (Fsp3) is 0.429. The molecule has 0 atom stereocenters. The monoisotopic (exact) mass is 249 g/mol. The fourth-order valence-electron chi connectivity index (χ4n) is 2.16. The smallest absolute Gasteiger partial charge is 0.199 e. The van der Waals surface area contributed by atoms with Crippen molar-refractivity contribution in [2.45, 2.75) is 25.8 Å². The van der Waals surface area contributed by atoms with Crippen molar-refractivity contribution >= 4 is 22.6 Å². The Morgan fingerprint density at radius 1 is 1.29 bits per heavy atom. The predicted molar refractivity (Wildman–Crippen MR) is 70.3 cm³/mol. The van der Waals surface area contributed by atoms with E-state index in [4.69, 9.17) is 16.0 Å². The lowest BCUT2D eigenvalue weighted by Gasteiger charge is -2.02. The van der Waals surface area contributed by atoms with Crippen LogP contribution in [-0.2, 0) is 6.54 Å². The van der Waals surface area contributed by atoms with E-state index >= 15 is 0 Å². The van der Waals surface area contributed by atoms with Crippen LogP contribution in [0.2, 0.25) is 5.22 Å². The maximum atomic E-state index is 6.11. The molecule has 1 aliphatic rings. The zero-order valence-electron chi connectivity index (χ0n) is 9.71. The molecule has 0 amide bonds. The van der Waals surface area contributed by atoms with Crippen LogP contribution >= 0.6 is 11.6 Å². The summed E-state index contributed by atoms with van der Waals surface area (Å²) in [4.78, 5) is 0. The van der Waals surface area contributed by atoms with Gasteiger partial charge in [0.05, 0.1) is 0 Å². The van der Waals surface area contributed by atoms with E-state index in [-0.39, 0.29) is 0 Å².